The maximum Gasteiger partial charge on any atom is 0.276 e. The molecule has 28 heavy (non-hydrogen) atoms. The first-order valence-electron chi connectivity index (χ1n) is 9.08. The van der Waals surface area contributed by atoms with Gasteiger partial charge in [0.25, 0.3) is 5.91 Å². The number of aromatic nitrogens is 1. The van der Waals surface area contributed by atoms with Crippen LogP contribution in [0.2, 0.25) is 10.0 Å². The minimum atomic E-state index is -0.0971. The zero-order chi connectivity index (χ0) is 19.5. The Kier molecular flexibility index (Phi) is 5.67. The number of carbonyl (C=O) groups excluding carboxylic acids is 1. The topological polar surface area (TPSA) is 49.6 Å². The van der Waals surface area contributed by atoms with Crippen LogP contribution in [0.1, 0.15) is 16.1 Å². The van der Waals surface area contributed by atoms with Gasteiger partial charge in [0.05, 0.1) is 10.0 Å². The highest BCUT2D eigenvalue weighted by Crippen LogP contribution is 2.24. The molecule has 2 aromatic carbocycles. The molecule has 1 aromatic heterocycles. The van der Waals surface area contributed by atoms with Gasteiger partial charge in [0.2, 0.25) is 0 Å². The highest BCUT2D eigenvalue weighted by atomic mass is 35.5. The summed E-state index contributed by atoms with van der Waals surface area (Å²) in [6.07, 6.45) is 0. The summed E-state index contributed by atoms with van der Waals surface area (Å²) < 4.78 is 5.35. The van der Waals surface area contributed by atoms with Crippen molar-refractivity contribution in [3.63, 3.8) is 0 Å². The predicted molar refractivity (Wildman–Crippen MR) is 110 cm³/mol. The Bertz CT molecular complexity index is 967. The fraction of sp³-hybridized carbons (Fsp3) is 0.238. The summed E-state index contributed by atoms with van der Waals surface area (Å²) in [4.78, 5) is 16.9. The molecule has 1 amide bonds. The van der Waals surface area contributed by atoms with E-state index in [1.165, 1.54) is 0 Å². The summed E-state index contributed by atoms with van der Waals surface area (Å²) in [6.45, 7) is 3.65. The molecule has 0 bridgehead atoms. The standard InChI is InChI=1S/C21H19Cl2N3O2/c22-17-7-6-15(12-18(17)23)14-25-8-10-26(11-9-25)21(27)19-13-20(28-24-19)16-4-2-1-3-5-16/h1-7,12-13H,8-11,14H2. The number of rotatable bonds is 4. The number of amides is 1. The Balaban J connectivity index is 1.35. The molecule has 0 aliphatic carbocycles. The highest BCUT2D eigenvalue weighted by Gasteiger charge is 2.25. The molecule has 0 saturated carbocycles. The molecule has 5 nitrogen and oxygen atoms in total. The number of hydrogen-bond donors (Lipinski definition) is 0. The summed E-state index contributed by atoms with van der Waals surface area (Å²) in [7, 11) is 0. The van der Waals surface area contributed by atoms with Gasteiger partial charge in [0.1, 0.15) is 0 Å². The summed E-state index contributed by atoms with van der Waals surface area (Å²) in [5, 5.41) is 5.09. The summed E-state index contributed by atoms with van der Waals surface area (Å²) >= 11 is 12.1. The average Bonchev–Trinajstić information content (AvgIpc) is 3.22. The monoisotopic (exact) mass is 415 g/mol. The van der Waals surface area contributed by atoms with Crippen molar-refractivity contribution < 1.29 is 9.32 Å². The quantitative estimate of drug-likeness (QED) is 0.624. The first-order valence-corrected chi connectivity index (χ1v) is 9.83. The van der Waals surface area contributed by atoms with Crippen molar-refractivity contribution in [2.75, 3.05) is 26.2 Å². The van der Waals surface area contributed by atoms with Gasteiger partial charge in [0.15, 0.2) is 11.5 Å². The van der Waals surface area contributed by atoms with E-state index in [2.05, 4.69) is 10.1 Å². The fourth-order valence-corrected chi connectivity index (χ4v) is 3.60. The second-order valence-corrected chi connectivity index (χ2v) is 7.57. The Morgan fingerprint density at radius 3 is 2.43 bits per heavy atom. The first-order chi connectivity index (χ1) is 13.6. The van der Waals surface area contributed by atoms with Gasteiger partial charge in [-0.15, -0.1) is 0 Å². The summed E-state index contributed by atoms with van der Waals surface area (Å²) in [5.74, 6) is 0.502. The van der Waals surface area contributed by atoms with Crippen LogP contribution >= 0.6 is 23.2 Å². The molecular weight excluding hydrogens is 397 g/mol. The third-order valence-electron chi connectivity index (χ3n) is 4.84. The van der Waals surface area contributed by atoms with Gasteiger partial charge in [-0.25, -0.2) is 0 Å². The van der Waals surface area contributed by atoms with Gasteiger partial charge in [-0.2, -0.15) is 0 Å². The predicted octanol–water partition coefficient (Wildman–Crippen LogP) is 4.61. The van der Waals surface area contributed by atoms with E-state index in [9.17, 15) is 4.79 Å². The van der Waals surface area contributed by atoms with Crippen LogP contribution in [-0.2, 0) is 6.54 Å². The lowest BCUT2D eigenvalue weighted by molar-refractivity contribution is 0.0618. The van der Waals surface area contributed by atoms with E-state index in [4.69, 9.17) is 27.7 Å². The van der Waals surface area contributed by atoms with Gasteiger partial charge in [0, 0.05) is 44.4 Å². The van der Waals surface area contributed by atoms with Crippen LogP contribution in [0.5, 0.6) is 0 Å². The summed E-state index contributed by atoms with van der Waals surface area (Å²) in [6, 6.07) is 17.0. The van der Waals surface area contributed by atoms with E-state index in [0.717, 1.165) is 30.8 Å². The Hall–Kier alpha value is -2.34. The molecule has 1 aliphatic heterocycles. The molecule has 0 N–H and O–H groups in total. The first kappa shape index (κ1) is 19.0. The molecule has 7 heteroatoms. The zero-order valence-electron chi connectivity index (χ0n) is 15.1. The van der Waals surface area contributed by atoms with Crippen LogP contribution < -0.4 is 0 Å². The normalized spacial score (nSPS) is 15.0. The Morgan fingerprint density at radius 1 is 0.964 bits per heavy atom. The van der Waals surface area contributed by atoms with E-state index in [0.29, 0.717) is 34.6 Å². The largest absolute Gasteiger partial charge is 0.355 e. The van der Waals surface area contributed by atoms with Gasteiger partial charge in [-0.05, 0) is 17.7 Å². The van der Waals surface area contributed by atoms with Gasteiger partial charge in [-0.1, -0.05) is 64.8 Å². The highest BCUT2D eigenvalue weighted by molar-refractivity contribution is 6.42. The van der Waals surface area contributed by atoms with Gasteiger partial charge >= 0.3 is 0 Å². The smallest absolute Gasteiger partial charge is 0.276 e. The van der Waals surface area contributed by atoms with E-state index in [1.54, 1.807) is 6.07 Å². The summed E-state index contributed by atoms with van der Waals surface area (Å²) in [5.41, 5.74) is 2.36. The van der Waals surface area contributed by atoms with E-state index >= 15 is 0 Å². The van der Waals surface area contributed by atoms with Crippen molar-refractivity contribution in [1.82, 2.24) is 15.0 Å². The second kappa shape index (κ2) is 8.35. The van der Waals surface area contributed by atoms with E-state index in [-0.39, 0.29) is 5.91 Å². The Labute approximate surface area is 173 Å². The van der Waals surface area contributed by atoms with Crippen LogP contribution in [0.3, 0.4) is 0 Å². The molecule has 144 valence electrons. The number of carbonyl (C=O) groups is 1. The van der Waals surface area contributed by atoms with Crippen molar-refractivity contribution in [1.29, 1.82) is 0 Å². The minimum Gasteiger partial charge on any atom is -0.355 e. The lowest BCUT2D eigenvalue weighted by atomic mass is 10.1. The van der Waals surface area contributed by atoms with Gasteiger partial charge in [-0.3, -0.25) is 9.69 Å². The van der Waals surface area contributed by atoms with Crippen LogP contribution in [0, 0.1) is 0 Å². The van der Waals surface area contributed by atoms with Crippen molar-refractivity contribution in [2.45, 2.75) is 6.54 Å². The number of piperazine rings is 1. The van der Waals surface area contributed by atoms with Crippen molar-refractivity contribution in [3.05, 3.63) is 75.9 Å². The molecule has 0 atom stereocenters. The molecule has 0 unspecified atom stereocenters. The maximum atomic E-state index is 12.7. The minimum absolute atomic E-state index is 0.0971. The number of benzene rings is 2. The van der Waals surface area contributed by atoms with Crippen LogP contribution in [-0.4, -0.2) is 47.0 Å². The molecule has 3 aromatic rings. The number of halogens is 2. The van der Waals surface area contributed by atoms with Crippen molar-refractivity contribution in [3.8, 4) is 11.3 Å². The van der Waals surface area contributed by atoms with Crippen LogP contribution in [0.4, 0.5) is 0 Å². The molecular formula is C21H19Cl2N3O2. The van der Waals surface area contributed by atoms with E-state index in [1.807, 2.05) is 53.4 Å². The third-order valence-corrected chi connectivity index (χ3v) is 5.58. The zero-order valence-corrected chi connectivity index (χ0v) is 16.7. The lowest BCUT2D eigenvalue weighted by Crippen LogP contribution is -2.48. The van der Waals surface area contributed by atoms with Crippen LogP contribution in [0.25, 0.3) is 11.3 Å². The maximum absolute atomic E-state index is 12.7. The molecule has 4 rings (SSSR count). The SMILES string of the molecule is O=C(c1cc(-c2ccccc2)on1)N1CCN(Cc2ccc(Cl)c(Cl)c2)CC1. The number of hydrogen-bond acceptors (Lipinski definition) is 4. The number of nitrogens with zero attached hydrogens (tertiary/aromatic N) is 3. The average molecular weight is 416 g/mol. The molecule has 2 heterocycles. The third kappa shape index (κ3) is 4.22. The molecule has 1 aliphatic rings. The molecule has 1 saturated heterocycles. The molecule has 0 radical (unpaired) electrons. The van der Waals surface area contributed by atoms with Gasteiger partial charge < -0.3 is 9.42 Å². The fourth-order valence-electron chi connectivity index (χ4n) is 3.28. The van der Waals surface area contributed by atoms with Crippen molar-refractivity contribution in [2.24, 2.45) is 0 Å². The van der Waals surface area contributed by atoms with Crippen LogP contribution in [0.15, 0.2) is 59.1 Å². The van der Waals surface area contributed by atoms with Crippen molar-refractivity contribution >= 4 is 29.1 Å². The van der Waals surface area contributed by atoms with E-state index < -0.39 is 0 Å². The Morgan fingerprint density at radius 2 is 1.71 bits per heavy atom. The molecule has 0 spiro atoms. The lowest BCUT2D eigenvalue weighted by Gasteiger charge is -2.34. The molecule has 1 fully saturated rings. The second-order valence-electron chi connectivity index (χ2n) is 6.76.